The summed E-state index contributed by atoms with van der Waals surface area (Å²) in [6, 6.07) is 20.3. The van der Waals surface area contributed by atoms with Crippen molar-refractivity contribution < 1.29 is 23.7 Å². The van der Waals surface area contributed by atoms with Crippen LogP contribution in [-0.2, 0) is 9.53 Å². The number of esters is 1. The Balaban J connectivity index is 1.62. The molecule has 1 N–H and O–H groups in total. The summed E-state index contributed by atoms with van der Waals surface area (Å²) in [6.07, 6.45) is 1.89. The van der Waals surface area contributed by atoms with Crippen molar-refractivity contribution in [2.75, 3.05) is 27.9 Å². The van der Waals surface area contributed by atoms with Crippen LogP contribution in [0, 0.1) is 0 Å². The normalized spacial score (nSPS) is 14.8. The highest BCUT2D eigenvalue weighted by Crippen LogP contribution is 2.37. The third-order valence-electron chi connectivity index (χ3n) is 7.62. The molecular weight excluding hydrogens is 578 g/mol. The fraction of sp³-hybridized carbons (Fsp3) is 0.206. The van der Waals surface area contributed by atoms with Gasteiger partial charge < -0.3 is 23.9 Å². The number of methoxy groups -OCH3 is 3. The first kappa shape index (κ1) is 29.0. The van der Waals surface area contributed by atoms with Gasteiger partial charge in [0.25, 0.3) is 5.56 Å². The van der Waals surface area contributed by atoms with Gasteiger partial charge in [-0.2, -0.15) is 0 Å². The summed E-state index contributed by atoms with van der Waals surface area (Å²) in [5.41, 5.74) is 4.77. The number of hydrogen-bond donors (Lipinski definition) is 1. The number of hydrogen-bond acceptors (Lipinski definition) is 8. The molecule has 0 unspecified atom stereocenters. The zero-order valence-corrected chi connectivity index (χ0v) is 25.8. The van der Waals surface area contributed by atoms with E-state index in [0.717, 1.165) is 27.7 Å². The molecule has 2 aromatic heterocycles. The van der Waals surface area contributed by atoms with Crippen molar-refractivity contribution in [1.29, 1.82) is 0 Å². The molecule has 1 atom stereocenters. The predicted octanol–water partition coefficient (Wildman–Crippen LogP) is 4.97. The molecule has 10 heteroatoms. The number of aromatic amines is 1. The lowest BCUT2D eigenvalue weighted by atomic mass is 9.95. The van der Waals surface area contributed by atoms with E-state index in [1.807, 2.05) is 60.7 Å². The Morgan fingerprint density at radius 3 is 2.48 bits per heavy atom. The lowest BCUT2D eigenvalue weighted by Crippen LogP contribution is -2.40. The number of H-pyrrole nitrogens is 1. The van der Waals surface area contributed by atoms with Crippen LogP contribution in [0.4, 0.5) is 0 Å². The van der Waals surface area contributed by atoms with Crippen LogP contribution in [0.3, 0.4) is 0 Å². The van der Waals surface area contributed by atoms with Crippen LogP contribution in [0.1, 0.15) is 31.0 Å². The number of nitrogens with one attached hydrogen (secondary N) is 1. The first-order valence-corrected chi connectivity index (χ1v) is 14.9. The Morgan fingerprint density at radius 2 is 1.77 bits per heavy atom. The van der Waals surface area contributed by atoms with E-state index < -0.39 is 12.0 Å². The smallest absolute Gasteiger partial charge is 0.338 e. The molecular formula is C34H31N3O6S. The maximum atomic E-state index is 14.4. The van der Waals surface area contributed by atoms with Gasteiger partial charge in [0.05, 0.1) is 55.5 Å². The van der Waals surface area contributed by atoms with Gasteiger partial charge in [-0.15, -0.1) is 0 Å². The molecule has 3 aromatic carbocycles. The number of ether oxygens (including phenoxy) is 4. The molecule has 0 saturated heterocycles. The minimum Gasteiger partial charge on any atom is -0.497 e. The monoisotopic (exact) mass is 609 g/mol. The summed E-state index contributed by atoms with van der Waals surface area (Å²) in [7, 11) is 4.72. The van der Waals surface area contributed by atoms with Gasteiger partial charge in [-0.05, 0) is 61.4 Å². The summed E-state index contributed by atoms with van der Waals surface area (Å²) in [5, 5.41) is 0.911. The van der Waals surface area contributed by atoms with E-state index in [2.05, 4.69) is 4.98 Å². The summed E-state index contributed by atoms with van der Waals surface area (Å²) in [6.45, 7) is 3.69. The summed E-state index contributed by atoms with van der Waals surface area (Å²) in [5.74, 6) is 1.18. The number of rotatable bonds is 8. The van der Waals surface area contributed by atoms with Crippen LogP contribution in [0.5, 0.6) is 17.2 Å². The first-order chi connectivity index (χ1) is 21.4. The van der Waals surface area contributed by atoms with Gasteiger partial charge in [0.1, 0.15) is 5.75 Å². The van der Waals surface area contributed by atoms with E-state index in [0.29, 0.717) is 43.4 Å². The van der Waals surface area contributed by atoms with Crippen molar-refractivity contribution in [2.45, 2.75) is 19.9 Å². The standard InChI is InChI=1S/C34H31N3O6S/c1-6-43-33(39)29-19(2)35-34-37(31(29)21-12-15-26(41-4)27(16-21)42-5)32(38)28(44-34)18-24-23-17-22(40-3)13-14-25(23)36-30(24)20-10-8-7-9-11-20/h7-18,31,36H,6H2,1-5H3/b28-18-/t31-/m1/s1. The average molecular weight is 610 g/mol. The van der Waals surface area contributed by atoms with Gasteiger partial charge in [0.2, 0.25) is 0 Å². The van der Waals surface area contributed by atoms with Crippen LogP contribution in [0.25, 0.3) is 28.2 Å². The molecule has 1 aliphatic heterocycles. The molecule has 1 aliphatic rings. The third kappa shape index (κ3) is 4.97. The number of fused-ring (bicyclic) bond motifs is 2. The van der Waals surface area contributed by atoms with Gasteiger partial charge in [-0.3, -0.25) is 9.36 Å². The van der Waals surface area contributed by atoms with Crippen LogP contribution >= 0.6 is 11.3 Å². The van der Waals surface area contributed by atoms with E-state index in [-0.39, 0.29) is 12.2 Å². The number of allylic oxidation sites excluding steroid dienone is 1. The highest BCUT2D eigenvalue weighted by Gasteiger charge is 2.34. The lowest BCUT2D eigenvalue weighted by molar-refractivity contribution is -0.139. The van der Waals surface area contributed by atoms with Crippen molar-refractivity contribution >= 4 is 34.3 Å². The molecule has 0 spiro atoms. The fourth-order valence-electron chi connectivity index (χ4n) is 5.56. The molecule has 0 radical (unpaired) electrons. The summed E-state index contributed by atoms with van der Waals surface area (Å²) in [4.78, 5) is 36.4. The Kier molecular flexibility index (Phi) is 7.84. The predicted molar refractivity (Wildman–Crippen MR) is 170 cm³/mol. The van der Waals surface area contributed by atoms with Gasteiger partial charge in [-0.25, -0.2) is 9.79 Å². The Bertz CT molecular complexity index is 2110. The van der Waals surface area contributed by atoms with Crippen molar-refractivity contribution in [1.82, 2.24) is 9.55 Å². The van der Waals surface area contributed by atoms with Crippen molar-refractivity contribution in [2.24, 2.45) is 4.99 Å². The fourth-order valence-corrected chi connectivity index (χ4v) is 6.59. The molecule has 0 fully saturated rings. The van der Waals surface area contributed by atoms with Crippen molar-refractivity contribution in [3.63, 3.8) is 0 Å². The van der Waals surface area contributed by atoms with Gasteiger partial charge >= 0.3 is 5.97 Å². The molecule has 224 valence electrons. The summed E-state index contributed by atoms with van der Waals surface area (Å²) >= 11 is 1.27. The van der Waals surface area contributed by atoms with Crippen LogP contribution in [0.15, 0.2) is 87.8 Å². The van der Waals surface area contributed by atoms with Gasteiger partial charge in [0, 0.05) is 16.5 Å². The highest BCUT2D eigenvalue weighted by atomic mass is 32.1. The van der Waals surface area contributed by atoms with Crippen LogP contribution in [0.2, 0.25) is 0 Å². The minimum atomic E-state index is -0.788. The lowest BCUT2D eigenvalue weighted by Gasteiger charge is -2.25. The number of thiazole rings is 1. The number of carbonyl (C=O) groups excluding carboxylic acids is 1. The van der Waals surface area contributed by atoms with Crippen molar-refractivity contribution in [3.05, 3.63) is 109 Å². The molecule has 6 rings (SSSR count). The molecule has 5 aromatic rings. The number of benzene rings is 3. The minimum absolute atomic E-state index is 0.185. The van der Waals surface area contributed by atoms with E-state index in [9.17, 15) is 9.59 Å². The zero-order chi connectivity index (χ0) is 31.0. The van der Waals surface area contributed by atoms with Crippen LogP contribution in [-0.4, -0.2) is 43.5 Å². The summed E-state index contributed by atoms with van der Waals surface area (Å²) < 4.78 is 24.0. The molecule has 0 aliphatic carbocycles. The van der Waals surface area contributed by atoms with Gasteiger partial charge in [0.15, 0.2) is 16.3 Å². The zero-order valence-electron chi connectivity index (χ0n) is 25.0. The third-order valence-corrected chi connectivity index (χ3v) is 8.61. The Labute approximate surface area is 257 Å². The Morgan fingerprint density at radius 1 is 1.00 bits per heavy atom. The second-order valence-corrected chi connectivity index (χ2v) is 11.1. The molecule has 44 heavy (non-hydrogen) atoms. The number of aromatic nitrogens is 2. The second-order valence-electron chi connectivity index (χ2n) is 10.1. The number of carbonyl (C=O) groups is 1. The number of nitrogens with zero attached hydrogens (tertiary/aromatic N) is 2. The molecule has 0 saturated carbocycles. The van der Waals surface area contributed by atoms with E-state index in [1.54, 1.807) is 51.9 Å². The van der Waals surface area contributed by atoms with Crippen LogP contribution < -0.4 is 29.1 Å². The molecule has 0 amide bonds. The van der Waals surface area contributed by atoms with Crippen molar-refractivity contribution in [3.8, 4) is 28.5 Å². The van der Waals surface area contributed by atoms with Gasteiger partial charge in [-0.1, -0.05) is 47.7 Å². The van der Waals surface area contributed by atoms with E-state index in [4.69, 9.17) is 23.9 Å². The van der Waals surface area contributed by atoms with E-state index >= 15 is 0 Å². The average Bonchev–Trinajstić information content (AvgIpc) is 3.56. The first-order valence-electron chi connectivity index (χ1n) is 14.0. The Hall–Kier alpha value is -5.09. The molecule has 0 bridgehead atoms. The van der Waals surface area contributed by atoms with E-state index in [1.165, 1.54) is 11.3 Å². The largest absolute Gasteiger partial charge is 0.497 e. The molecule has 9 nitrogen and oxygen atoms in total. The maximum absolute atomic E-state index is 14.4. The topological polar surface area (TPSA) is 104 Å². The molecule has 3 heterocycles. The maximum Gasteiger partial charge on any atom is 0.338 e. The highest BCUT2D eigenvalue weighted by molar-refractivity contribution is 7.07. The quantitative estimate of drug-likeness (QED) is 0.249. The SMILES string of the molecule is CCOC(=O)C1=C(C)N=c2s/c(=C\c3c(-c4ccccc4)[nH]c4ccc(OC)cc34)c(=O)n2[C@@H]1c1ccc(OC)c(OC)c1. The second kappa shape index (κ2) is 11.9.